The first kappa shape index (κ1) is 22.4. The molecule has 0 saturated heterocycles. The number of aliphatic hydroxyl groups is 1. The van der Waals surface area contributed by atoms with E-state index in [1.54, 1.807) is 0 Å². The van der Waals surface area contributed by atoms with E-state index < -0.39 is 0 Å². The van der Waals surface area contributed by atoms with Gasteiger partial charge in [-0.1, -0.05) is 47.0 Å². The zero-order valence-electron chi connectivity index (χ0n) is 16.4. The molecule has 1 atom stereocenters. The molecule has 5 heteroatoms. The highest BCUT2D eigenvalue weighted by Gasteiger charge is 2.15. The number of aromatic nitrogens is 2. The van der Waals surface area contributed by atoms with Gasteiger partial charge in [0.25, 0.3) is 0 Å². The maximum absolute atomic E-state index is 8.91. The molecule has 2 heterocycles. The molecule has 0 aromatic carbocycles. The fraction of sp³-hybridized carbons (Fsp3) is 0.684. The van der Waals surface area contributed by atoms with Crippen LogP contribution in [0.1, 0.15) is 72.3 Å². The van der Waals surface area contributed by atoms with Crippen LogP contribution < -0.4 is 10.6 Å². The normalized spacial score (nSPS) is 17.9. The molecule has 0 radical (unpaired) electrons. The molecule has 3 rings (SSSR count). The van der Waals surface area contributed by atoms with E-state index in [0.29, 0.717) is 6.17 Å². The molecule has 0 spiro atoms. The van der Waals surface area contributed by atoms with Crippen molar-refractivity contribution in [2.24, 2.45) is 0 Å². The van der Waals surface area contributed by atoms with Crippen LogP contribution in [-0.4, -0.2) is 27.6 Å². The van der Waals surface area contributed by atoms with Crippen molar-refractivity contribution in [1.82, 2.24) is 10.2 Å². The molecule has 1 aromatic rings. The highest BCUT2D eigenvalue weighted by Crippen LogP contribution is 2.28. The van der Waals surface area contributed by atoms with Crippen LogP contribution in [0.5, 0.6) is 0 Å². The third kappa shape index (κ3) is 8.29. The first-order chi connectivity index (χ1) is 11.7. The fourth-order valence-corrected chi connectivity index (χ4v) is 2.57. The summed E-state index contributed by atoms with van der Waals surface area (Å²) in [6.45, 7) is 12.2. The van der Waals surface area contributed by atoms with Crippen molar-refractivity contribution in [3.63, 3.8) is 0 Å². The average Bonchev–Trinajstić information content (AvgIpc) is 2.98. The van der Waals surface area contributed by atoms with E-state index in [9.17, 15) is 0 Å². The van der Waals surface area contributed by atoms with E-state index in [1.165, 1.54) is 24.8 Å². The predicted molar refractivity (Wildman–Crippen MR) is 106 cm³/mol. The smallest absolute Gasteiger partial charge is 0.0936 e. The van der Waals surface area contributed by atoms with Gasteiger partial charge in [0, 0.05) is 12.4 Å². The van der Waals surface area contributed by atoms with Crippen LogP contribution in [0.2, 0.25) is 0 Å². The maximum Gasteiger partial charge on any atom is 0.0936 e. The molecule has 1 aliphatic heterocycles. The molecule has 1 unspecified atom stereocenters. The van der Waals surface area contributed by atoms with Gasteiger partial charge in [0.1, 0.15) is 0 Å². The van der Waals surface area contributed by atoms with E-state index in [2.05, 4.69) is 34.7 Å². The minimum atomic E-state index is 0.0359. The number of hydrogen-bond acceptors (Lipinski definition) is 3. The average molecular weight is 339 g/mol. The molecule has 0 bridgehead atoms. The molecule has 0 amide bonds. The maximum atomic E-state index is 8.91. The van der Waals surface area contributed by atoms with Crippen molar-refractivity contribution in [2.45, 2.75) is 85.9 Å². The van der Waals surface area contributed by atoms with E-state index in [4.69, 9.17) is 5.11 Å². The Morgan fingerprint density at radius 2 is 1.58 bits per heavy atom. The second-order valence-electron chi connectivity index (χ2n) is 5.54. The van der Waals surface area contributed by atoms with Gasteiger partial charge in [0.15, 0.2) is 0 Å². The number of fused-ring (bicyclic) bond motifs is 1. The summed E-state index contributed by atoms with van der Waals surface area (Å²) in [6, 6.07) is 2.03. The molecular formula is C19H38N4O. The number of anilines is 2. The third-order valence-corrected chi connectivity index (χ3v) is 3.69. The SMILES string of the molecule is CC.CC.Cc1cc[nH][nH]cc2c1NC(C)N2.OC1CCCCC1. The summed E-state index contributed by atoms with van der Waals surface area (Å²) in [6.07, 6.45) is 10.0. The summed E-state index contributed by atoms with van der Waals surface area (Å²) < 4.78 is 0. The standard InChI is InChI=1S/C9H14N4.C6H12O.2C2H6/c1-6-3-4-10-11-5-8-9(6)13-7(2)12-8;7-6-4-2-1-3-5-6;2*1-2/h3-5,7,10-13H,1-2H3;6-7H,1-5H2;2*1-2H3. The van der Waals surface area contributed by atoms with Crippen molar-refractivity contribution in [3.8, 4) is 0 Å². The Bertz CT molecular complexity index is 460. The number of H-pyrrole nitrogens is 2. The third-order valence-electron chi connectivity index (χ3n) is 3.69. The minimum Gasteiger partial charge on any atom is -0.393 e. The van der Waals surface area contributed by atoms with Crippen LogP contribution in [0.25, 0.3) is 0 Å². The summed E-state index contributed by atoms with van der Waals surface area (Å²) in [5.74, 6) is 0. The van der Waals surface area contributed by atoms with Crippen LogP contribution in [0.3, 0.4) is 0 Å². The number of rotatable bonds is 0. The number of nitrogens with one attached hydrogen (secondary N) is 4. The van der Waals surface area contributed by atoms with Gasteiger partial charge < -0.3 is 25.9 Å². The fourth-order valence-electron chi connectivity index (χ4n) is 2.57. The molecule has 140 valence electrons. The lowest BCUT2D eigenvalue weighted by atomic mass is 9.98. The van der Waals surface area contributed by atoms with E-state index in [0.717, 1.165) is 24.2 Å². The van der Waals surface area contributed by atoms with Gasteiger partial charge in [-0.05, 0) is 38.3 Å². The first-order valence-electron chi connectivity index (χ1n) is 9.47. The number of aromatic amines is 2. The van der Waals surface area contributed by atoms with Crippen molar-refractivity contribution in [3.05, 3.63) is 24.0 Å². The van der Waals surface area contributed by atoms with Crippen molar-refractivity contribution < 1.29 is 5.11 Å². The number of hydrogen-bond donors (Lipinski definition) is 5. The largest absolute Gasteiger partial charge is 0.393 e. The molecular weight excluding hydrogens is 300 g/mol. The predicted octanol–water partition coefficient (Wildman–Crippen LogP) is 5.32. The Morgan fingerprint density at radius 3 is 2.12 bits per heavy atom. The van der Waals surface area contributed by atoms with Gasteiger partial charge in [-0.3, -0.25) is 0 Å². The van der Waals surface area contributed by atoms with Crippen LogP contribution >= 0.6 is 0 Å². The lowest BCUT2D eigenvalue weighted by Crippen LogP contribution is -2.16. The lowest BCUT2D eigenvalue weighted by Gasteiger charge is -2.14. The van der Waals surface area contributed by atoms with Crippen molar-refractivity contribution in [2.75, 3.05) is 10.6 Å². The summed E-state index contributed by atoms with van der Waals surface area (Å²) in [4.78, 5) is 0. The summed E-state index contributed by atoms with van der Waals surface area (Å²) in [7, 11) is 0. The zero-order chi connectivity index (χ0) is 18.4. The Hall–Kier alpha value is -1.62. The second kappa shape index (κ2) is 13.8. The molecule has 5 N–H and O–H groups in total. The van der Waals surface area contributed by atoms with Crippen LogP contribution in [0, 0.1) is 6.92 Å². The highest BCUT2D eigenvalue weighted by atomic mass is 16.3. The number of aliphatic hydroxyl groups excluding tert-OH is 1. The minimum absolute atomic E-state index is 0.0359. The van der Waals surface area contributed by atoms with E-state index in [1.807, 2.05) is 46.2 Å². The molecule has 1 saturated carbocycles. The van der Waals surface area contributed by atoms with Gasteiger partial charge >= 0.3 is 0 Å². The Labute approximate surface area is 148 Å². The van der Waals surface area contributed by atoms with Gasteiger partial charge in [0.05, 0.1) is 23.6 Å². The molecule has 24 heavy (non-hydrogen) atoms. The Kier molecular flexibility index (Phi) is 12.9. The molecule has 5 nitrogen and oxygen atoms in total. The first-order valence-corrected chi connectivity index (χ1v) is 9.47. The van der Waals surface area contributed by atoms with Crippen LogP contribution in [0.4, 0.5) is 11.4 Å². The van der Waals surface area contributed by atoms with Crippen LogP contribution in [0.15, 0.2) is 18.5 Å². The topological polar surface area (TPSA) is 75.9 Å². The van der Waals surface area contributed by atoms with E-state index >= 15 is 0 Å². The Morgan fingerprint density at radius 1 is 0.958 bits per heavy atom. The molecule has 2 aliphatic rings. The van der Waals surface area contributed by atoms with Gasteiger partial charge in [-0.25, -0.2) is 0 Å². The molecule has 1 aromatic heterocycles. The number of aryl methyl sites for hydroxylation is 1. The van der Waals surface area contributed by atoms with Gasteiger partial charge in [-0.15, -0.1) is 0 Å². The summed E-state index contributed by atoms with van der Waals surface area (Å²) in [5, 5.41) is 21.5. The van der Waals surface area contributed by atoms with Crippen molar-refractivity contribution in [1.29, 1.82) is 0 Å². The molecule has 1 fully saturated rings. The summed E-state index contributed by atoms with van der Waals surface area (Å²) >= 11 is 0. The van der Waals surface area contributed by atoms with Crippen molar-refractivity contribution >= 4 is 11.4 Å². The van der Waals surface area contributed by atoms with E-state index in [-0.39, 0.29) is 6.10 Å². The highest BCUT2D eigenvalue weighted by molar-refractivity contribution is 5.75. The summed E-state index contributed by atoms with van der Waals surface area (Å²) in [5.41, 5.74) is 3.48. The van der Waals surface area contributed by atoms with Gasteiger partial charge in [-0.2, -0.15) is 0 Å². The Balaban J connectivity index is 0.000000408. The second-order valence-corrected chi connectivity index (χ2v) is 5.54. The monoisotopic (exact) mass is 338 g/mol. The zero-order valence-corrected chi connectivity index (χ0v) is 16.4. The van der Waals surface area contributed by atoms with Crippen LogP contribution in [-0.2, 0) is 0 Å². The quantitative estimate of drug-likeness (QED) is 0.444. The van der Waals surface area contributed by atoms with Gasteiger partial charge in [0.2, 0.25) is 0 Å². The molecule has 1 aliphatic carbocycles. The lowest BCUT2D eigenvalue weighted by molar-refractivity contribution is 0.130.